The number of halogens is 2. The number of methoxy groups -OCH3 is 1. The van der Waals surface area contributed by atoms with Crippen molar-refractivity contribution in [2.75, 3.05) is 12.4 Å². The lowest BCUT2D eigenvalue weighted by Crippen LogP contribution is -2.10. The van der Waals surface area contributed by atoms with Crippen molar-refractivity contribution in [3.05, 3.63) is 21.6 Å². The molecule has 84 valence electrons. The van der Waals surface area contributed by atoms with Crippen molar-refractivity contribution in [1.29, 1.82) is 5.26 Å². The minimum atomic E-state index is -0.385. The Hall–Kier alpha value is -1.25. The number of nitrogens with one attached hydrogen (secondary N) is 1. The number of carbonyl (C=O) groups is 1. The SMILES string of the molecule is COc1cc(Br)c(NC(=O)CC#N)cc1Cl. The van der Waals surface area contributed by atoms with Gasteiger partial charge in [0, 0.05) is 4.47 Å². The van der Waals surface area contributed by atoms with Crippen molar-refractivity contribution in [2.45, 2.75) is 6.42 Å². The third-order valence-electron chi connectivity index (χ3n) is 1.76. The molecule has 0 atom stereocenters. The lowest BCUT2D eigenvalue weighted by atomic mass is 10.3. The second-order valence-corrected chi connectivity index (χ2v) is 4.11. The van der Waals surface area contributed by atoms with Crippen LogP contribution in [0.4, 0.5) is 5.69 Å². The molecule has 1 aromatic carbocycles. The van der Waals surface area contributed by atoms with E-state index in [1.807, 2.05) is 0 Å². The van der Waals surface area contributed by atoms with Crippen LogP contribution in [0.5, 0.6) is 5.75 Å². The van der Waals surface area contributed by atoms with Gasteiger partial charge in [0.2, 0.25) is 5.91 Å². The van der Waals surface area contributed by atoms with E-state index in [-0.39, 0.29) is 12.3 Å². The van der Waals surface area contributed by atoms with Crippen LogP contribution in [0.1, 0.15) is 6.42 Å². The average Bonchev–Trinajstić information content (AvgIpc) is 2.23. The number of ether oxygens (including phenoxy) is 1. The Bertz CT molecular complexity index is 457. The van der Waals surface area contributed by atoms with Gasteiger partial charge in [0.15, 0.2) is 0 Å². The summed E-state index contributed by atoms with van der Waals surface area (Å²) in [6.07, 6.45) is -0.198. The van der Waals surface area contributed by atoms with E-state index in [1.54, 1.807) is 18.2 Å². The zero-order chi connectivity index (χ0) is 12.1. The maximum absolute atomic E-state index is 11.2. The number of anilines is 1. The van der Waals surface area contributed by atoms with Crippen molar-refractivity contribution in [1.82, 2.24) is 0 Å². The standard InChI is InChI=1S/C10H8BrClN2O2/c1-16-9-4-6(11)8(5-7(9)12)14-10(15)2-3-13/h4-5H,2H2,1H3,(H,14,15). The van der Waals surface area contributed by atoms with Crippen molar-refractivity contribution in [3.63, 3.8) is 0 Å². The molecule has 0 aliphatic rings. The molecular formula is C10H8BrClN2O2. The van der Waals surface area contributed by atoms with Crippen molar-refractivity contribution < 1.29 is 9.53 Å². The van der Waals surface area contributed by atoms with Gasteiger partial charge in [-0.3, -0.25) is 4.79 Å². The van der Waals surface area contributed by atoms with E-state index in [1.165, 1.54) is 7.11 Å². The second-order valence-electron chi connectivity index (χ2n) is 2.85. The summed E-state index contributed by atoms with van der Waals surface area (Å²) in [5, 5.41) is 11.3. The molecule has 16 heavy (non-hydrogen) atoms. The second kappa shape index (κ2) is 5.73. The molecule has 0 unspecified atom stereocenters. The quantitative estimate of drug-likeness (QED) is 0.934. The predicted octanol–water partition coefficient (Wildman–Crippen LogP) is 2.96. The highest BCUT2D eigenvalue weighted by Crippen LogP contribution is 2.34. The van der Waals surface area contributed by atoms with Gasteiger partial charge in [0.1, 0.15) is 12.2 Å². The summed E-state index contributed by atoms with van der Waals surface area (Å²) < 4.78 is 5.65. The zero-order valence-corrected chi connectivity index (χ0v) is 10.7. The van der Waals surface area contributed by atoms with Crippen LogP contribution in [0.15, 0.2) is 16.6 Å². The molecule has 1 aromatic rings. The number of amides is 1. The number of hydrogen-bond acceptors (Lipinski definition) is 3. The van der Waals surface area contributed by atoms with Crippen molar-refractivity contribution in [3.8, 4) is 11.8 Å². The Morgan fingerprint density at radius 3 is 2.94 bits per heavy atom. The van der Waals surface area contributed by atoms with Crippen LogP contribution in [0, 0.1) is 11.3 Å². The molecule has 0 aromatic heterocycles. The predicted molar refractivity (Wildman–Crippen MR) is 64.6 cm³/mol. The van der Waals surface area contributed by atoms with Gasteiger partial charge in [-0.25, -0.2) is 0 Å². The van der Waals surface area contributed by atoms with E-state index in [0.29, 0.717) is 20.9 Å². The highest BCUT2D eigenvalue weighted by atomic mass is 79.9. The summed E-state index contributed by atoms with van der Waals surface area (Å²) in [6, 6.07) is 4.96. The molecule has 0 radical (unpaired) electrons. The van der Waals surface area contributed by atoms with Crippen LogP contribution < -0.4 is 10.1 Å². The molecule has 0 aliphatic heterocycles. The fourth-order valence-electron chi connectivity index (χ4n) is 1.05. The average molecular weight is 304 g/mol. The van der Waals surface area contributed by atoms with E-state index in [2.05, 4.69) is 21.2 Å². The van der Waals surface area contributed by atoms with Gasteiger partial charge in [-0.2, -0.15) is 5.26 Å². The smallest absolute Gasteiger partial charge is 0.238 e. The van der Waals surface area contributed by atoms with Crippen molar-refractivity contribution >= 4 is 39.1 Å². The van der Waals surface area contributed by atoms with Gasteiger partial charge in [-0.1, -0.05) is 11.6 Å². The molecule has 0 fully saturated rings. The number of nitriles is 1. The number of rotatable bonds is 3. The highest BCUT2D eigenvalue weighted by Gasteiger charge is 2.09. The van der Waals surface area contributed by atoms with E-state index in [4.69, 9.17) is 21.6 Å². The van der Waals surface area contributed by atoms with Gasteiger partial charge in [-0.05, 0) is 28.1 Å². The number of nitrogens with zero attached hydrogens (tertiary/aromatic N) is 1. The first-order valence-electron chi connectivity index (χ1n) is 4.28. The van der Waals surface area contributed by atoms with E-state index in [9.17, 15) is 4.79 Å². The highest BCUT2D eigenvalue weighted by molar-refractivity contribution is 9.10. The maximum atomic E-state index is 11.2. The maximum Gasteiger partial charge on any atom is 0.238 e. The van der Waals surface area contributed by atoms with Crippen LogP contribution in [-0.4, -0.2) is 13.0 Å². The molecule has 1 amide bonds. The summed E-state index contributed by atoms with van der Waals surface area (Å²) >= 11 is 9.17. The third kappa shape index (κ3) is 3.12. The molecule has 0 heterocycles. The first-order chi connectivity index (χ1) is 7.58. The normalized spacial score (nSPS) is 9.38. The first-order valence-corrected chi connectivity index (χ1v) is 5.45. The van der Waals surface area contributed by atoms with Gasteiger partial charge >= 0.3 is 0 Å². The topological polar surface area (TPSA) is 62.1 Å². The van der Waals surface area contributed by atoms with Crippen molar-refractivity contribution in [2.24, 2.45) is 0 Å². The largest absolute Gasteiger partial charge is 0.495 e. The van der Waals surface area contributed by atoms with Gasteiger partial charge in [-0.15, -0.1) is 0 Å². The summed E-state index contributed by atoms with van der Waals surface area (Å²) in [4.78, 5) is 11.2. The summed E-state index contributed by atoms with van der Waals surface area (Å²) in [7, 11) is 1.50. The van der Waals surface area contributed by atoms with Gasteiger partial charge in [0.25, 0.3) is 0 Å². The van der Waals surface area contributed by atoms with Crippen LogP contribution in [0.2, 0.25) is 5.02 Å². The molecule has 1 N–H and O–H groups in total. The molecule has 0 aliphatic carbocycles. The first kappa shape index (κ1) is 12.8. The Kier molecular flexibility index (Phi) is 4.59. The zero-order valence-electron chi connectivity index (χ0n) is 8.38. The lowest BCUT2D eigenvalue weighted by Gasteiger charge is -2.09. The number of benzene rings is 1. The number of hydrogen-bond donors (Lipinski definition) is 1. The fraction of sp³-hybridized carbons (Fsp3) is 0.200. The molecule has 0 bridgehead atoms. The minimum Gasteiger partial charge on any atom is -0.495 e. The molecule has 6 heteroatoms. The Morgan fingerprint density at radius 2 is 2.38 bits per heavy atom. The Labute approximate surface area is 106 Å². The fourth-order valence-corrected chi connectivity index (χ4v) is 1.71. The molecule has 1 rings (SSSR count). The van der Waals surface area contributed by atoms with E-state index < -0.39 is 0 Å². The summed E-state index contributed by atoms with van der Waals surface area (Å²) in [5.41, 5.74) is 0.506. The van der Waals surface area contributed by atoms with Gasteiger partial charge < -0.3 is 10.1 Å². The minimum absolute atomic E-state index is 0.198. The molecule has 0 saturated heterocycles. The molecule has 0 spiro atoms. The Balaban J connectivity index is 2.94. The van der Waals surface area contributed by atoms with Gasteiger partial charge in [0.05, 0.1) is 23.9 Å². The van der Waals surface area contributed by atoms with E-state index >= 15 is 0 Å². The summed E-state index contributed by atoms with van der Waals surface area (Å²) in [5.74, 6) is 0.122. The van der Waals surface area contributed by atoms with E-state index in [0.717, 1.165) is 0 Å². The monoisotopic (exact) mass is 302 g/mol. The Morgan fingerprint density at radius 1 is 1.69 bits per heavy atom. The van der Waals surface area contributed by atoms with Crippen LogP contribution in [0.25, 0.3) is 0 Å². The lowest BCUT2D eigenvalue weighted by molar-refractivity contribution is -0.115. The molecule has 4 nitrogen and oxygen atoms in total. The van der Waals surface area contributed by atoms with Crippen LogP contribution in [0.3, 0.4) is 0 Å². The third-order valence-corrected chi connectivity index (χ3v) is 2.71. The molecule has 0 saturated carbocycles. The summed E-state index contributed by atoms with van der Waals surface area (Å²) in [6.45, 7) is 0. The molecular weight excluding hydrogens is 295 g/mol. The number of carbonyl (C=O) groups excluding carboxylic acids is 1. The van der Waals surface area contributed by atoms with Crippen LogP contribution in [-0.2, 0) is 4.79 Å². The van der Waals surface area contributed by atoms with Crippen LogP contribution >= 0.6 is 27.5 Å².